The van der Waals surface area contributed by atoms with Gasteiger partial charge >= 0.3 is 0 Å². The van der Waals surface area contributed by atoms with E-state index >= 15 is 0 Å². The van der Waals surface area contributed by atoms with E-state index in [1.807, 2.05) is 0 Å². The minimum Gasteiger partial charge on any atom is -0.352 e. The van der Waals surface area contributed by atoms with Crippen molar-refractivity contribution in [2.75, 3.05) is 13.1 Å². The molecule has 1 aliphatic heterocycles. The van der Waals surface area contributed by atoms with Gasteiger partial charge in [0.15, 0.2) is 0 Å². The van der Waals surface area contributed by atoms with Gasteiger partial charge in [0.1, 0.15) is 5.82 Å². The van der Waals surface area contributed by atoms with Gasteiger partial charge in [-0.15, -0.1) is 0 Å². The molecule has 1 aromatic rings. The van der Waals surface area contributed by atoms with Crippen molar-refractivity contribution in [1.82, 2.24) is 10.6 Å². The predicted octanol–water partition coefficient (Wildman–Crippen LogP) is 2.59. The largest absolute Gasteiger partial charge is 0.352 e. The van der Waals surface area contributed by atoms with Gasteiger partial charge in [-0.25, -0.2) is 4.39 Å². The lowest BCUT2D eigenvalue weighted by Crippen LogP contribution is -2.23. The van der Waals surface area contributed by atoms with Gasteiger partial charge < -0.3 is 10.6 Å². The Morgan fingerprint density at radius 2 is 2.37 bits per heavy atom. The Kier molecular flexibility index (Phi) is 5.34. The molecule has 0 spiro atoms. The van der Waals surface area contributed by atoms with Gasteiger partial charge in [0.2, 0.25) is 5.91 Å². The first-order chi connectivity index (χ1) is 9.15. The van der Waals surface area contributed by atoms with E-state index in [9.17, 15) is 9.18 Å². The fourth-order valence-electron chi connectivity index (χ4n) is 2.24. The van der Waals surface area contributed by atoms with E-state index in [1.165, 1.54) is 12.1 Å². The van der Waals surface area contributed by atoms with Crippen LogP contribution < -0.4 is 10.6 Å². The molecule has 1 amide bonds. The van der Waals surface area contributed by atoms with Crippen LogP contribution in [0.4, 0.5) is 4.39 Å². The zero-order valence-electron chi connectivity index (χ0n) is 10.7. The number of amides is 1. The Balaban J connectivity index is 1.73. The number of hydrogen-bond donors (Lipinski definition) is 2. The summed E-state index contributed by atoms with van der Waals surface area (Å²) < 4.78 is 13.6. The summed E-state index contributed by atoms with van der Waals surface area (Å²) in [4.78, 5) is 11.7. The molecular weight excluding hydrogens is 311 g/mol. The molecule has 104 valence electrons. The average molecular weight is 329 g/mol. The van der Waals surface area contributed by atoms with E-state index in [-0.39, 0.29) is 11.7 Å². The van der Waals surface area contributed by atoms with Crippen LogP contribution in [0.2, 0.25) is 0 Å². The molecule has 2 N–H and O–H groups in total. The normalized spacial score (nSPS) is 18.5. The summed E-state index contributed by atoms with van der Waals surface area (Å²) in [5.41, 5.74) is 0.886. The van der Waals surface area contributed by atoms with E-state index in [2.05, 4.69) is 26.6 Å². The van der Waals surface area contributed by atoms with Crippen LogP contribution in [0.5, 0.6) is 0 Å². The minimum atomic E-state index is -0.282. The van der Waals surface area contributed by atoms with Gasteiger partial charge in [-0.3, -0.25) is 4.79 Å². The topological polar surface area (TPSA) is 41.1 Å². The molecule has 1 aromatic carbocycles. The van der Waals surface area contributed by atoms with Crippen LogP contribution >= 0.6 is 15.9 Å². The van der Waals surface area contributed by atoms with Crippen LogP contribution in [0.1, 0.15) is 24.8 Å². The van der Waals surface area contributed by atoms with Gasteiger partial charge in [-0.05, 0) is 49.5 Å². The van der Waals surface area contributed by atoms with Crippen LogP contribution in [-0.2, 0) is 11.3 Å². The monoisotopic (exact) mass is 328 g/mol. The maximum atomic E-state index is 12.9. The molecule has 0 aliphatic carbocycles. The molecule has 1 aliphatic rings. The molecule has 0 aromatic heterocycles. The van der Waals surface area contributed by atoms with Crippen LogP contribution in [0.15, 0.2) is 22.7 Å². The molecule has 0 radical (unpaired) electrons. The molecule has 0 saturated carbocycles. The molecule has 3 nitrogen and oxygen atoms in total. The first-order valence-electron chi connectivity index (χ1n) is 6.56. The molecule has 1 unspecified atom stereocenters. The lowest BCUT2D eigenvalue weighted by molar-refractivity contribution is -0.121. The average Bonchev–Trinajstić information content (AvgIpc) is 2.88. The number of carbonyl (C=O) groups excluding carboxylic acids is 1. The third-order valence-corrected chi connectivity index (χ3v) is 4.17. The minimum absolute atomic E-state index is 0.0584. The molecule has 2 rings (SSSR count). The van der Waals surface area contributed by atoms with E-state index < -0.39 is 0 Å². The quantitative estimate of drug-likeness (QED) is 0.872. The molecule has 1 saturated heterocycles. The zero-order valence-corrected chi connectivity index (χ0v) is 12.3. The van der Waals surface area contributed by atoms with Crippen molar-refractivity contribution < 1.29 is 9.18 Å². The van der Waals surface area contributed by atoms with Crippen LogP contribution in [0, 0.1) is 11.7 Å². The third-order valence-electron chi connectivity index (χ3n) is 3.43. The molecule has 5 heteroatoms. The number of nitrogens with one attached hydrogen (secondary N) is 2. The molecule has 0 bridgehead atoms. The Hall–Kier alpha value is -0.940. The second-order valence-electron chi connectivity index (χ2n) is 4.91. The number of rotatable bonds is 5. The maximum Gasteiger partial charge on any atom is 0.220 e. The number of carbonyl (C=O) groups is 1. The van der Waals surface area contributed by atoms with Crippen molar-refractivity contribution in [2.24, 2.45) is 5.92 Å². The smallest absolute Gasteiger partial charge is 0.220 e. The fourth-order valence-corrected chi connectivity index (χ4v) is 2.73. The summed E-state index contributed by atoms with van der Waals surface area (Å²) >= 11 is 3.29. The summed E-state index contributed by atoms with van der Waals surface area (Å²) in [7, 11) is 0. The van der Waals surface area contributed by atoms with E-state index in [0.29, 0.717) is 23.4 Å². The summed E-state index contributed by atoms with van der Waals surface area (Å²) in [6, 6.07) is 4.49. The van der Waals surface area contributed by atoms with Crippen molar-refractivity contribution in [1.29, 1.82) is 0 Å². The van der Waals surface area contributed by atoms with Crippen molar-refractivity contribution in [3.63, 3.8) is 0 Å². The maximum absolute atomic E-state index is 12.9. The Labute approximate surface area is 121 Å². The predicted molar refractivity (Wildman–Crippen MR) is 76.2 cm³/mol. The van der Waals surface area contributed by atoms with Crippen molar-refractivity contribution >= 4 is 21.8 Å². The number of benzene rings is 1. The van der Waals surface area contributed by atoms with Crippen LogP contribution in [-0.4, -0.2) is 19.0 Å². The second-order valence-corrected chi connectivity index (χ2v) is 5.76. The lowest BCUT2D eigenvalue weighted by Gasteiger charge is -2.09. The van der Waals surface area contributed by atoms with Crippen molar-refractivity contribution in [3.05, 3.63) is 34.1 Å². The summed E-state index contributed by atoms with van der Waals surface area (Å²) in [6.45, 7) is 2.52. The summed E-state index contributed by atoms with van der Waals surface area (Å²) in [5, 5.41) is 6.16. The van der Waals surface area contributed by atoms with Gasteiger partial charge in [0.25, 0.3) is 0 Å². The van der Waals surface area contributed by atoms with Gasteiger partial charge in [-0.1, -0.05) is 22.0 Å². The van der Waals surface area contributed by atoms with E-state index in [4.69, 9.17) is 0 Å². The third kappa shape index (κ3) is 4.58. The molecule has 1 atom stereocenters. The van der Waals surface area contributed by atoms with Crippen LogP contribution in [0.3, 0.4) is 0 Å². The highest BCUT2D eigenvalue weighted by Gasteiger charge is 2.15. The molecule has 19 heavy (non-hydrogen) atoms. The number of halogens is 2. The van der Waals surface area contributed by atoms with E-state index in [0.717, 1.165) is 31.5 Å². The van der Waals surface area contributed by atoms with Gasteiger partial charge in [-0.2, -0.15) is 0 Å². The van der Waals surface area contributed by atoms with Crippen molar-refractivity contribution in [3.8, 4) is 0 Å². The molecule has 1 heterocycles. The molecular formula is C14H18BrFN2O. The van der Waals surface area contributed by atoms with Crippen LogP contribution in [0.25, 0.3) is 0 Å². The Morgan fingerprint density at radius 3 is 3.05 bits per heavy atom. The van der Waals surface area contributed by atoms with E-state index in [1.54, 1.807) is 6.07 Å². The number of hydrogen-bond acceptors (Lipinski definition) is 2. The lowest BCUT2D eigenvalue weighted by atomic mass is 10.0. The SMILES string of the molecule is O=C(CCC1CCNC1)NCc1ccc(F)cc1Br. The van der Waals surface area contributed by atoms with Crippen molar-refractivity contribution in [2.45, 2.75) is 25.8 Å². The Bertz CT molecular complexity index is 447. The summed E-state index contributed by atoms with van der Waals surface area (Å²) in [6.07, 6.45) is 2.66. The second kappa shape index (κ2) is 7.01. The fraction of sp³-hybridized carbons (Fsp3) is 0.500. The first-order valence-corrected chi connectivity index (χ1v) is 7.36. The molecule has 1 fully saturated rings. The highest BCUT2D eigenvalue weighted by molar-refractivity contribution is 9.10. The highest BCUT2D eigenvalue weighted by Crippen LogP contribution is 2.18. The van der Waals surface area contributed by atoms with Gasteiger partial charge in [0.05, 0.1) is 0 Å². The Morgan fingerprint density at radius 1 is 1.53 bits per heavy atom. The zero-order chi connectivity index (χ0) is 13.7. The highest BCUT2D eigenvalue weighted by atomic mass is 79.9. The van der Waals surface area contributed by atoms with Gasteiger partial charge in [0, 0.05) is 17.4 Å². The summed E-state index contributed by atoms with van der Waals surface area (Å²) in [5.74, 6) is 0.405. The first kappa shape index (κ1) is 14.5. The standard InChI is InChI=1S/C14H18BrFN2O/c15-13-7-12(16)3-2-11(13)9-18-14(19)4-1-10-5-6-17-8-10/h2-3,7,10,17H,1,4-6,8-9H2,(H,18,19).